The number of amides is 1. The number of hydrogen-bond donors (Lipinski definition) is 2. The van der Waals surface area contributed by atoms with Crippen molar-refractivity contribution in [3.05, 3.63) is 35.9 Å². The van der Waals surface area contributed by atoms with E-state index in [0.717, 1.165) is 25.7 Å². The number of benzene rings is 1. The number of ether oxygens (including phenoxy) is 1. The second kappa shape index (κ2) is 12.5. The highest BCUT2D eigenvalue weighted by Crippen LogP contribution is 2.38. The van der Waals surface area contributed by atoms with Crippen molar-refractivity contribution in [2.45, 2.75) is 97.2 Å². The lowest BCUT2D eigenvalue weighted by Crippen LogP contribution is -2.52. The van der Waals surface area contributed by atoms with Crippen LogP contribution in [0.25, 0.3) is 0 Å². The molecule has 0 heterocycles. The minimum absolute atomic E-state index is 0.0790. The van der Waals surface area contributed by atoms with Gasteiger partial charge in [0, 0.05) is 6.61 Å². The molecular weight excluding hydrogens is 394 g/mol. The molecule has 30 heavy (non-hydrogen) atoms. The van der Waals surface area contributed by atoms with Gasteiger partial charge in [0.25, 0.3) is 0 Å². The largest absolute Gasteiger partial charge is 0.465 e. The number of hydrogen-bond acceptors (Lipinski definition) is 3. The lowest BCUT2D eigenvalue weighted by Gasteiger charge is -2.42. The summed E-state index contributed by atoms with van der Waals surface area (Å²) >= 11 is 0. The van der Waals surface area contributed by atoms with E-state index in [4.69, 9.17) is 9.16 Å². The summed E-state index contributed by atoms with van der Waals surface area (Å²) in [5.41, 5.74) is 1.18. The highest BCUT2D eigenvalue weighted by molar-refractivity contribution is 6.74. The van der Waals surface area contributed by atoms with E-state index in [9.17, 15) is 9.90 Å². The first-order valence-electron chi connectivity index (χ1n) is 11.2. The SMILES string of the molecule is CC(C)CC(NC(=O)O)C(CCCCOCc1ccccc1)O[Si](C)(C)C(C)(C)C. The Morgan fingerprint density at radius 3 is 2.30 bits per heavy atom. The van der Waals surface area contributed by atoms with Crippen molar-refractivity contribution in [2.75, 3.05) is 6.61 Å². The molecule has 0 aliphatic heterocycles. The summed E-state index contributed by atoms with van der Waals surface area (Å²) in [7, 11) is -2.02. The molecule has 0 aliphatic rings. The van der Waals surface area contributed by atoms with Crippen molar-refractivity contribution in [2.24, 2.45) is 5.92 Å². The normalized spacial score (nSPS) is 14.5. The molecule has 0 radical (unpaired) electrons. The average molecular weight is 438 g/mol. The summed E-state index contributed by atoms with van der Waals surface area (Å²) in [6.45, 7) is 16.7. The van der Waals surface area contributed by atoms with Crippen LogP contribution >= 0.6 is 0 Å². The van der Waals surface area contributed by atoms with Crippen molar-refractivity contribution >= 4 is 14.4 Å². The number of carbonyl (C=O) groups is 1. The van der Waals surface area contributed by atoms with E-state index >= 15 is 0 Å². The minimum atomic E-state index is -2.02. The van der Waals surface area contributed by atoms with Gasteiger partial charge in [-0.2, -0.15) is 0 Å². The highest BCUT2D eigenvalue weighted by atomic mass is 28.4. The molecule has 1 amide bonds. The zero-order valence-electron chi connectivity index (χ0n) is 20.0. The molecule has 5 nitrogen and oxygen atoms in total. The number of nitrogens with one attached hydrogen (secondary N) is 1. The Bertz CT molecular complexity index is 613. The Kier molecular flexibility index (Phi) is 11.1. The summed E-state index contributed by atoms with van der Waals surface area (Å²) < 4.78 is 12.5. The Labute approximate surface area is 184 Å². The second-order valence-corrected chi connectivity index (χ2v) is 14.9. The molecule has 0 aliphatic carbocycles. The second-order valence-electron chi connectivity index (χ2n) is 10.1. The van der Waals surface area contributed by atoms with Gasteiger partial charge in [-0.1, -0.05) is 65.0 Å². The first kappa shape index (κ1) is 26.7. The molecule has 2 unspecified atom stereocenters. The van der Waals surface area contributed by atoms with Crippen LogP contribution in [0.5, 0.6) is 0 Å². The van der Waals surface area contributed by atoms with E-state index in [1.165, 1.54) is 5.56 Å². The first-order chi connectivity index (χ1) is 13.9. The Morgan fingerprint density at radius 2 is 1.77 bits per heavy atom. The Balaban J connectivity index is 2.67. The van der Waals surface area contributed by atoms with Crippen molar-refractivity contribution in [3.8, 4) is 0 Å². The predicted octanol–water partition coefficient (Wildman–Crippen LogP) is 6.45. The fraction of sp³-hybridized carbons (Fsp3) is 0.708. The monoisotopic (exact) mass is 437 g/mol. The molecule has 0 aromatic heterocycles. The number of unbranched alkanes of at least 4 members (excludes halogenated alkanes) is 1. The molecule has 1 rings (SSSR count). The van der Waals surface area contributed by atoms with Gasteiger partial charge in [0.2, 0.25) is 0 Å². The summed E-state index contributed by atoms with van der Waals surface area (Å²) in [5.74, 6) is 0.390. The maximum atomic E-state index is 11.4. The van der Waals surface area contributed by atoms with E-state index in [1.54, 1.807) is 0 Å². The molecule has 0 fully saturated rings. The summed E-state index contributed by atoms with van der Waals surface area (Å²) in [5, 5.41) is 12.2. The van der Waals surface area contributed by atoms with E-state index in [2.05, 4.69) is 65.2 Å². The minimum Gasteiger partial charge on any atom is -0.465 e. The van der Waals surface area contributed by atoms with Gasteiger partial charge in [0.15, 0.2) is 8.32 Å². The van der Waals surface area contributed by atoms with Crippen LogP contribution in [0.3, 0.4) is 0 Å². The van der Waals surface area contributed by atoms with Crippen LogP contribution in [0.1, 0.15) is 65.9 Å². The molecule has 0 bridgehead atoms. The Morgan fingerprint density at radius 1 is 1.13 bits per heavy atom. The molecule has 1 aromatic rings. The van der Waals surface area contributed by atoms with Crippen molar-refractivity contribution < 1.29 is 19.1 Å². The van der Waals surface area contributed by atoms with Gasteiger partial charge < -0.3 is 19.6 Å². The van der Waals surface area contributed by atoms with Gasteiger partial charge in [-0.15, -0.1) is 0 Å². The molecule has 0 saturated heterocycles. The zero-order valence-corrected chi connectivity index (χ0v) is 21.0. The summed E-state index contributed by atoms with van der Waals surface area (Å²) in [4.78, 5) is 11.4. The molecule has 2 atom stereocenters. The molecule has 1 aromatic carbocycles. The highest BCUT2D eigenvalue weighted by Gasteiger charge is 2.41. The third-order valence-electron chi connectivity index (χ3n) is 5.87. The average Bonchev–Trinajstić information content (AvgIpc) is 2.62. The molecule has 172 valence electrons. The van der Waals surface area contributed by atoms with E-state index in [-0.39, 0.29) is 17.2 Å². The van der Waals surface area contributed by atoms with Crippen molar-refractivity contribution in [1.29, 1.82) is 0 Å². The van der Waals surface area contributed by atoms with Crippen LogP contribution in [-0.4, -0.2) is 38.3 Å². The van der Waals surface area contributed by atoms with E-state index < -0.39 is 14.4 Å². The fourth-order valence-electron chi connectivity index (χ4n) is 3.18. The Hall–Kier alpha value is -1.37. The maximum Gasteiger partial charge on any atom is 0.404 e. The van der Waals surface area contributed by atoms with Crippen LogP contribution in [0, 0.1) is 5.92 Å². The van der Waals surface area contributed by atoms with E-state index in [1.807, 2.05) is 18.2 Å². The standard InChI is InChI=1S/C24H43NO4Si/c1-19(2)17-21(25-23(26)27)22(29-30(6,7)24(3,4)5)15-11-12-16-28-18-20-13-9-8-10-14-20/h8-10,13-14,19,21-22,25H,11-12,15-18H2,1-7H3,(H,26,27). The molecule has 0 saturated carbocycles. The van der Waals surface area contributed by atoms with Crippen molar-refractivity contribution in [3.63, 3.8) is 0 Å². The van der Waals surface area contributed by atoms with Gasteiger partial charge in [0.1, 0.15) is 0 Å². The topological polar surface area (TPSA) is 67.8 Å². The third-order valence-corrected chi connectivity index (χ3v) is 10.4. The zero-order chi connectivity index (χ0) is 22.8. The molecular formula is C24H43NO4Si. The summed E-state index contributed by atoms with van der Waals surface area (Å²) in [6, 6.07) is 9.98. The quantitative estimate of drug-likeness (QED) is 0.275. The molecule has 0 spiro atoms. The lowest BCUT2D eigenvalue weighted by molar-refractivity contribution is 0.0942. The first-order valence-corrected chi connectivity index (χ1v) is 14.1. The molecule has 2 N–H and O–H groups in total. The van der Waals surface area contributed by atoms with Crippen molar-refractivity contribution in [1.82, 2.24) is 5.32 Å². The summed E-state index contributed by atoms with van der Waals surface area (Å²) in [6.07, 6.45) is 2.40. The number of carboxylic acid groups (broad SMARTS) is 1. The smallest absolute Gasteiger partial charge is 0.404 e. The van der Waals surface area contributed by atoms with Gasteiger partial charge in [-0.3, -0.25) is 0 Å². The van der Waals surface area contributed by atoms with Gasteiger partial charge in [-0.05, 0) is 55.3 Å². The van der Waals surface area contributed by atoms with Crippen LogP contribution in [0.2, 0.25) is 18.1 Å². The number of rotatable bonds is 13. The predicted molar refractivity (Wildman–Crippen MR) is 126 cm³/mol. The lowest BCUT2D eigenvalue weighted by atomic mass is 9.96. The van der Waals surface area contributed by atoms with Crippen LogP contribution in [0.15, 0.2) is 30.3 Å². The maximum absolute atomic E-state index is 11.4. The van der Waals surface area contributed by atoms with Gasteiger partial charge in [0.05, 0.1) is 18.8 Å². The third kappa shape index (κ3) is 10.1. The van der Waals surface area contributed by atoms with Gasteiger partial charge >= 0.3 is 6.09 Å². The van der Waals surface area contributed by atoms with Crippen LogP contribution in [-0.2, 0) is 15.8 Å². The molecule has 6 heteroatoms. The van der Waals surface area contributed by atoms with Crippen LogP contribution < -0.4 is 5.32 Å². The van der Waals surface area contributed by atoms with E-state index in [0.29, 0.717) is 19.1 Å². The fourth-order valence-corrected chi connectivity index (χ4v) is 4.57. The van der Waals surface area contributed by atoms with Crippen LogP contribution in [0.4, 0.5) is 4.79 Å². The van der Waals surface area contributed by atoms with Gasteiger partial charge in [-0.25, -0.2) is 4.79 Å².